The molecule has 1 fully saturated rings. The number of halogens is 2. The van der Waals surface area contributed by atoms with Gasteiger partial charge < -0.3 is 10.0 Å². The molecule has 0 aromatic heterocycles. The van der Waals surface area contributed by atoms with E-state index >= 15 is 0 Å². The Morgan fingerprint density at radius 2 is 2.12 bits per heavy atom. The van der Waals surface area contributed by atoms with Crippen LogP contribution in [0, 0.1) is 11.6 Å². The first-order chi connectivity index (χ1) is 7.87. The third-order valence-corrected chi connectivity index (χ3v) is 2.77. The van der Waals surface area contributed by atoms with Crippen molar-refractivity contribution in [2.45, 2.75) is 18.9 Å². The van der Waals surface area contributed by atoms with Crippen molar-refractivity contribution in [1.82, 2.24) is 4.90 Å². The summed E-state index contributed by atoms with van der Waals surface area (Å²) in [6, 6.07) is 3.15. The minimum absolute atomic E-state index is 0.109. The fourth-order valence-corrected chi connectivity index (χ4v) is 1.89. The van der Waals surface area contributed by atoms with E-state index in [1.807, 2.05) is 0 Å². The maximum absolute atomic E-state index is 13.3. The minimum Gasteiger partial charge on any atom is -0.386 e. The molecule has 5 heteroatoms. The quantitative estimate of drug-likeness (QED) is 0.842. The molecule has 92 valence electrons. The Bertz CT molecular complexity index is 452. The summed E-state index contributed by atoms with van der Waals surface area (Å²) >= 11 is 0. The van der Waals surface area contributed by atoms with Crippen LogP contribution < -0.4 is 0 Å². The van der Waals surface area contributed by atoms with E-state index in [-0.39, 0.29) is 31.0 Å². The summed E-state index contributed by atoms with van der Waals surface area (Å²) in [6.07, 6.45) is -0.109. The average Bonchev–Trinajstić information content (AvgIpc) is 2.18. The number of nitrogens with zero attached hydrogens (tertiary/aromatic N) is 1. The van der Waals surface area contributed by atoms with Crippen molar-refractivity contribution in [2.75, 3.05) is 13.1 Å². The molecule has 0 saturated carbocycles. The third-order valence-electron chi connectivity index (χ3n) is 2.77. The summed E-state index contributed by atoms with van der Waals surface area (Å²) in [5.74, 6) is -1.64. The summed E-state index contributed by atoms with van der Waals surface area (Å²) in [5, 5.41) is 9.47. The average molecular weight is 241 g/mol. The number of β-amino-alcohol motifs (C(OH)–C–C–N with tert-alkyl or cyclic N) is 1. The Morgan fingerprint density at radius 1 is 1.47 bits per heavy atom. The predicted octanol–water partition coefficient (Wildman–Crippen LogP) is 1.10. The smallest absolute Gasteiger partial charge is 0.227 e. The number of hydrogen-bond acceptors (Lipinski definition) is 2. The highest BCUT2D eigenvalue weighted by Crippen LogP contribution is 2.21. The Kier molecular flexibility index (Phi) is 2.87. The monoisotopic (exact) mass is 241 g/mol. The van der Waals surface area contributed by atoms with Crippen molar-refractivity contribution >= 4 is 5.91 Å². The van der Waals surface area contributed by atoms with E-state index in [2.05, 4.69) is 0 Å². The maximum Gasteiger partial charge on any atom is 0.227 e. The van der Waals surface area contributed by atoms with Crippen LogP contribution in [0.2, 0.25) is 0 Å². The third kappa shape index (κ3) is 2.61. The standard InChI is InChI=1S/C12H13F2NO2/c1-12(17)6-15(7-12)11(16)4-8-2-3-9(13)5-10(8)14/h2-3,5,17H,4,6-7H2,1H3. The van der Waals surface area contributed by atoms with Gasteiger partial charge in [0.2, 0.25) is 5.91 Å². The molecule has 0 unspecified atom stereocenters. The molecule has 0 spiro atoms. The van der Waals surface area contributed by atoms with Crippen molar-refractivity contribution in [2.24, 2.45) is 0 Å². The zero-order valence-electron chi connectivity index (χ0n) is 9.41. The lowest BCUT2D eigenvalue weighted by atomic mass is 9.96. The highest BCUT2D eigenvalue weighted by molar-refractivity contribution is 5.79. The minimum atomic E-state index is -0.836. The number of carbonyl (C=O) groups excluding carboxylic acids is 1. The van der Waals surface area contributed by atoms with E-state index in [9.17, 15) is 18.7 Å². The molecular formula is C12H13F2NO2. The van der Waals surface area contributed by atoms with Gasteiger partial charge in [-0.3, -0.25) is 4.79 Å². The topological polar surface area (TPSA) is 40.5 Å². The molecule has 1 aromatic rings. The Balaban J connectivity index is 2.00. The molecule has 1 saturated heterocycles. The molecule has 0 bridgehead atoms. The van der Waals surface area contributed by atoms with Crippen LogP contribution in [-0.4, -0.2) is 34.6 Å². The van der Waals surface area contributed by atoms with Gasteiger partial charge in [0.05, 0.1) is 25.1 Å². The number of carbonyl (C=O) groups is 1. The van der Waals surface area contributed by atoms with Crippen LogP contribution in [0.25, 0.3) is 0 Å². The number of likely N-dealkylation sites (tertiary alicyclic amines) is 1. The van der Waals surface area contributed by atoms with Gasteiger partial charge in [-0.1, -0.05) is 6.07 Å². The molecule has 1 heterocycles. The second kappa shape index (κ2) is 4.07. The molecular weight excluding hydrogens is 228 g/mol. The summed E-state index contributed by atoms with van der Waals surface area (Å²) in [5.41, 5.74) is -0.667. The molecule has 1 aliphatic heterocycles. The van der Waals surface area contributed by atoms with E-state index in [4.69, 9.17) is 0 Å². The second-order valence-electron chi connectivity index (χ2n) is 4.66. The summed E-state index contributed by atoms with van der Waals surface area (Å²) in [4.78, 5) is 13.1. The van der Waals surface area contributed by atoms with Gasteiger partial charge in [0.1, 0.15) is 11.6 Å². The van der Waals surface area contributed by atoms with E-state index < -0.39 is 17.2 Å². The zero-order chi connectivity index (χ0) is 12.6. The highest BCUT2D eigenvalue weighted by Gasteiger charge is 2.39. The van der Waals surface area contributed by atoms with Gasteiger partial charge in [0, 0.05) is 6.07 Å². The molecule has 2 rings (SSSR count). The van der Waals surface area contributed by atoms with Crippen molar-refractivity contribution in [3.8, 4) is 0 Å². The summed E-state index contributed by atoms with van der Waals surface area (Å²) < 4.78 is 25.9. The van der Waals surface area contributed by atoms with Crippen LogP contribution in [0.1, 0.15) is 12.5 Å². The SMILES string of the molecule is CC1(O)CN(C(=O)Cc2ccc(F)cc2F)C1. The van der Waals surface area contributed by atoms with E-state index in [1.54, 1.807) is 6.92 Å². The first-order valence-corrected chi connectivity index (χ1v) is 5.31. The first-order valence-electron chi connectivity index (χ1n) is 5.31. The van der Waals surface area contributed by atoms with Crippen molar-refractivity contribution in [1.29, 1.82) is 0 Å². The number of hydrogen-bond donors (Lipinski definition) is 1. The second-order valence-corrected chi connectivity index (χ2v) is 4.66. The van der Waals surface area contributed by atoms with Gasteiger partial charge in [0.15, 0.2) is 0 Å². The number of aliphatic hydroxyl groups is 1. The molecule has 17 heavy (non-hydrogen) atoms. The largest absolute Gasteiger partial charge is 0.386 e. The Hall–Kier alpha value is -1.49. The van der Waals surface area contributed by atoms with Gasteiger partial charge in [-0.2, -0.15) is 0 Å². The lowest BCUT2D eigenvalue weighted by Gasteiger charge is -2.44. The van der Waals surface area contributed by atoms with Crippen LogP contribution in [0.15, 0.2) is 18.2 Å². The van der Waals surface area contributed by atoms with E-state index in [0.717, 1.165) is 12.1 Å². The summed E-state index contributed by atoms with van der Waals surface area (Å²) in [6.45, 7) is 2.15. The normalized spacial score (nSPS) is 17.8. The van der Waals surface area contributed by atoms with Crippen molar-refractivity contribution in [3.05, 3.63) is 35.4 Å². The Labute approximate surface area is 97.7 Å². The number of benzene rings is 1. The molecule has 1 aliphatic rings. The molecule has 1 amide bonds. The van der Waals surface area contributed by atoms with Crippen molar-refractivity contribution in [3.63, 3.8) is 0 Å². The van der Waals surface area contributed by atoms with Crippen LogP contribution >= 0.6 is 0 Å². The van der Waals surface area contributed by atoms with Gasteiger partial charge in [-0.15, -0.1) is 0 Å². The Morgan fingerprint density at radius 3 is 2.65 bits per heavy atom. The zero-order valence-corrected chi connectivity index (χ0v) is 9.41. The van der Waals surface area contributed by atoms with Crippen LogP contribution in [0.3, 0.4) is 0 Å². The highest BCUT2D eigenvalue weighted by atomic mass is 19.1. The summed E-state index contributed by atoms with van der Waals surface area (Å²) in [7, 11) is 0. The lowest BCUT2D eigenvalue weighted by molar-refractivity contribution is -0.151. The van der Waals surface area contributed by atoms with Gasteiger partial charge in [0.25, 0.3) is 0 Å². The van der Waals surface area contributed by atoms with Crippen LogP contribution in [0.5, 0.6) is 0 Å². The van der Waals surface area contributed by atoms with Gasteiger partial charge in [-0.05, 0) is 18.6 Å². The molecule has 0 aliphatic carbocycles. The maximum atomic E-state index is 13.3. The van der Waals surface area contributed by atoms with Crippen molar-refractivity contribution < 1.29 is 18.7 Å². The molecule has 1 aromatic carbocycles. The fourth-order valence-electron chi connectivity index (χ4n) is 1.89. The number of amides is 1. The predicted molar refractivity (Wildman–Crippen MR) is 57.3 cm³/mol. The van der Waals surface area contributed by atoms with Crippen LogP contribution in [0.4, 0.5) is 8.78 Å². The van der Waals surface area contributed by atoms with Gasteiger partial charge in [-0.25, -0.2) is 8.78 Å². The lowest BCUT2D eigenvalue weighted by Crippen LogP contribution is -2.62. The first kappa shape index (κ1) is 12.0. The van der Waals surface area contributed by atoms with E-state index in [0.29, 0.717) is 0 Å². The number of rotatable bonds is 2. The van der Waals surface area contributed by atoms with Crippen LogP contribution in [-0.2, 0) is 11.2 Å². The molecule has 0 radical (unpaired) electrons. The molecule has 1 N–H and O–H groups in total. The van der Waals surface area contributed by atoms with Gasteiger partial charge >= 0.3 is 0 Å². The fraction of sp³-hybridized carbons (Fsp3) is 0.417. The molecule has 0 atom stereocenters. The van der Waals surface area contributed by atoms with E-state index in [1.165, 1.54) is 11.0 Å². The molecule has 3 nitrogen and oxygen atoms in total.